The normalized spacial score (nSPS) is 18.8. The summed E-state index contributed by atoms with van der Waals surface area (Å²) in [6.45, 7) is 4.60. The van der Waals surface area contributed by atoms with Crippen molar-refractivity contribution in [3.05, 3.63) is 29.8 Å². The average Bonchev–Trinajstić information content (AvgIpc) is 2.40. The van der Waals surface area contributed by atoms with Gasteiger partial charge in [-0.2, -0.15) is 0 Å². The summed E-state index contributed by atoms with van der Waals surface area (Å²) in [5.41, 5.74) is 1.12. The molecule has 3 heteroatoms. The van der Waals surface area contributed by atoms with E-state index in [-0.39, 0.29) is 18.1 Å². The van der Waals surface area contributed by atoms with Crippen LogP contribution >= 0.6 is 0 Å². The Morgan fingerprint density at radius 1 is 1.30 bits per heavy atom. The van der Waals surface area contributed by atoms with Crippen LogP contribution in [-0.4, -0.2) is 29.0 Å². The second kappa shape index (κ2) is 5.86. The minimum atomic E-state index is 0.0937. The predicted molar refractivity (Wildman–Crippen MR) is 80.6 cm³/mol. The monoisotopic (exact) mass is 275 g/mol. The topological polar surface area (TPSA) is 40.5 Å². The summed E-state index contributed by atoms with van der Waals surface area (Å²) in [4.78, 5) is 14.2. The van der Waals surface area contributed by atoms with Crippen LogP contribution in [-0.2, 0) is 11.2 Å². The summed E-state index contributed by atoms with van der Waals surface area (Å²) < 4.78 is 0. The maximum absolute atomic E-state index is 12.3. The predicted octanol–water partition coefficient (Wildman–Crippen LogP) is 3.36. The molecule has 0 heterocycles. The molecule has 1 aliphatic rings. The molecule has 0 spiro atoms. The highest BCUT2D eigenvalue weighted by molar-refractivity contribution is 5.79. The van der Waals surface area contributed by atoms with Crippen LogP contribution in [0, 0.1) is 5.41 Å². The molecule has 1 N–H and O–H groups in total. The van der Waals surface area contributed by atoms with E-state index in [9.17, 15) is 9.90 Å². The fourth-order valence-electron chi connectivity index (χ4n) is 2.92. The van der Waals surface area contributed by atoms with E-state index >= 15 is 0 Å². The van der Waals surface area contributed by atoms with Gasteiger partial charge in [0.05, 0.1) is 6.42 Å². The molecule has 1 aliphatic carbocycles. The molecule has 0 bridgehead atoms. The molecule has 0 aliphatic heterocycles. The summed E-state index contributed by atoms with van der Waals surface area (Å²) in [7, 11) is 1.89. The number of hydrogen-bond acceptors (Lipinski definition) is 2. The summed E-state index contributed by atoms with van der Waals surface area (Å²) in [5, 5.41) is 9.75. The largest absolute Gasteiger partial charge is 0.508 e. The zero-order valence-electron chi connectivity index (χ0n) is 12.7. The van der Waals surface area contributed by atoms with Gasteiger partial charge in [0.15, 0.2) is 0 Å². The fraction of sp³-hybridized carbons (Fsp3) is 0.588. The number of carbonyl (C=O) groups is 1. The van der Waals surface area contributed by atoms with Crippen LogP contribution in [0.5, 0.6) is 5.75 Å². The number of phenolic OH excluding ortho intramolecular Hbond substituents is 1. The Bertz CT molecular complexity index is 472. The minimum absolute atomic E-state index is 0.0937. The van der Waals surface area contributed by atoms with Crippen LogP contribution in [0.25, 0.3) is 0 Å². The third-order valence-electron chi connectivity index (χ3n) is 4.58. The Balaban J connectivity index is 1.94. The summed E-state index contributed by atoms with van der Waals surface area (Å²) >= 11 is 0. The Morgan fingerprint density at radius 2 is 1.90 bits per heavy atom. The maximum Gasteiger partial charge on any atom is 0.227 e. The molecule has 0 unspecified atom stereocenters. The summed E-state index contributed by atoms with van der Waals surface area (Å²) in [6.07, 6.45) is 4.78. The second-order valence-corrected chi connectivity index (χ2v) is 6.71. The quantitative estimate of drug-likeness (QED) is 0.919. The van der Waals surface area contributed by atoms with E-state index < -0.39 is 0 Å². The molecule has 0 aromatic heterocycles. The molecule has 2 rings (SSSR count). The van der Waals surface area contributed by atoms with Gasteiger partial charge in [0.1, 0.15) is 5.75 Å². The number of para-hydroxylation sites is 1. The van der Waals surface area contributed by atoms with Crippen molar-refractivity contribution >= 4 is 5.91 Å². The SMILES string of the molecule is CN(C(=O)Cc1ccccc1O)C1CCC(C)(C)CC1. The van der Waals surface area contributed by atoms with E-state index in [1.54, 1.807) is 12.1 Å². The molecule has 0 radical (unpaired) electrons. The zero-order valence-corrected chi connectivity index (χ0v) is 12.7. The van der Waals surface area contributed by atoms with Crippen molar-refractivity contribution < 1.29 is 9.90 Å². The third-order valence-corrected chi connectivity index (χ3v) is 4.58. The Kier molecular flexibility index (Phi) is 4.36. The first-order chi connectivity index (χ1) is 9.39. The van der Waals surface area contributed by atoms with E-state index in [0.29, 0.717) is 17.0 Å². The van der Waals surface area contributed by atoms with Crippen molar-refractivity contribution in [1.82, 2.24) is 4.90 Å². The van der Waals surface area contributed by atoms with Gasteiger partial charge in [0.25, 0.3) is 0 Å². The van der Waals surface area contributed by atoms with E-state index in [4.69, 9.17) is 0 Å². The number of benzene rings is 1. The highest BCUT2D eigenvalue weighted by Crippen LogP contribution is 2.36. The van der Waals surface area contributed by atoms with Crippen molar-refractivity contribution in [2.75, 3.05) is 7.05 Å². The van der Waals surface area contributed by atoms with Gasteiger partial charge in [-0.15, -0.1) is 0 Å². The van der Waals surface area contributed by atoms with Crippen molar-refractivity contribution in [2.24, 2.45) is 5.41 Å². The van der Waals surface area contributed by atoms with Crippen molar-refractivity contribution in [3.8, 4) is 5.75 Å². The molecule has 1 fully saturated rings. The van der Waals surface area contributed by atoms with E-state index in [1.165, 1.54) is 12.8 Å². The molecule has 110 valence electrons. The Morgan fingerprint density at radius 3 is 2.50 bits per heavy atom. The number of rotatable bonds is 3. The minimum Gasteiger partial charge on any atom is -0.508 e. The van der Waals surface area contributed by atoms with Gasteiger partial charge >= 0.3 is 0 Å². The summed E-state index contributed by atoms with van der Waals surface area (Å²) in [5.74, 6) is 0.301. The van der Waals surface area contributed by atoms with Crippen molar-refractivity contribution in [2.45, 2.75) is 52.0 Å². The first-order valence-electron chi connectivity index (χ1n) is 7.41. The summed E-state index contributed by atoms with van der Waals surface area (Å²) in [6, 6.07) is 7.42. The number of carbonyl (C=O) groups excluding carboxylic acids is 1. The van der Waals surface area contributed by atoms with Crippen molar-refractivity contribution in [1.29, 1.82) is 0 Å². The van der Waals surface area contributed by atoms with Gasteiger partial charge in [-0.05, 0) is 37.2 Å². The number of nitrogens with zero attached hydrogens (tertiary/aromatic N) is 1. The molecule has 1 amide bonds. The van der Waals surface area contributed by atoms with Gasteiger partial charge in [-0.3, -0.25) is 4.79 Å². The second-order valence-electron chi connectivity index (χ2n) is 6.71. The number of amides is 1. The third kappa shape index (κ3) is 3.53. The van der Waals surface area contributed by atoms with Gasteiger partial charge in [0.2, 0.25) is 5.91 Å². The Labute approximate surface area is 121 Å². The molecule has 3 nitrogen and oxygen atoms in total. The van der Waals surface area contributed by atoms with Crippen molar-refractivity contribution in [3.63, 3.8) is 0 Å². The lowest BCUT2D eigenvalue weighted by molar-refractivity contribution is -0.132. The molecule has 0 saturated heterocycles. The lowest BCUT2D eigenvalue weighted by atomic mass is 9.75. The number of hydrogen-bond donors (Lipinski definition) is 1. The van der Waals surface area contributed by atoms with Gasteiger partial charge in [0, 0.05) is 18.7 Å². The van der Waals surface area contributed by atoms with Gasteiger partial charge in [-0.25, -0.2) is 0 Å². The van der Waals surface area contributed by atoms with Crippen LogP contribution in [0.3, 0.4) is 0 Å². The lowest BCUT2D eigenvalue weighted by Crippen LogP contribution is -2.41. The first kappa shape index (κ1) is 14.9. The average molecular weight is 275 g/mol. The molecule has 1 aromatic carbocycles. The number of phenols is 1. The number of aromatic hydroxyl groups is 1. The lowest BCUT2D eigenvalue weighted by Gasteiger charge is -2.38. The number of likely N-dealkylation sites (N-methyl/N-ethyl adjacent to an activating group) is 1. The van der Waals surface area contributed by atoms with E-state index in [0.717, 1.165) is 12.8 Å². The molecular formula is C17H25NO2. The standard InChI is InChI=1S/C17H25NO2/c1-17(2)10-8-14(9-11-17)18(3)16(20)12-13-6-4-5-7-15(13)19/h4-7,14,19H,8-12H2,1-3H3. The van der Waals surface area contributed by atoms with Crippen LogP contribution in [0.4, 0.5) is 0 Å². The van der Waals surface area contributed by atoms with E-state index in [2.05, 4.69) is 13.8 Å². The highest BCUT2D eigenvalue weighted by Gasteiger charge is 2.30. The van der Waals surface area contributed by atoms with Crippen LogP contribution in [0.1, 0.15) is 45.1 Å². The highest BCUT2D eigenvalue weighted by atomic mass is 16.3. The molecule has 20 heavy (non-hydrogen) atoms. The van der Waals surface area contributed by atoms with Crippen LogP contribution in [0.2, 0.25) is 0 Å². The van der Waals surface area contributed by atoms with Crippen LogP contribution in [0.15, 0.2) is 24.3 Å². The first-order valence-corrected chi connectivity index (χ1v) is 7.41. The molecule has 1 aromatic rings. The van der Waals surface area contributed by atoms with Gasteiger partial charge in [-0.1, -0.05) is 32.0 Å². The Hall–Kier alpha value is -1.51. The molecular weight excluding hydrogens is 250 g/mol. The van der Waals surface area contributed by atoms with Gasteiger partial charge < -0.3 is 10.0 Å². The molecule has 1 saturated carbocycles. The smallest absolute Gasteiger partial charge is 0.227 e. The fourth-order valence-corrected chi connectivity index (χ4v) is 2.92. The maximum atomic E-state index is 12.3. The zero-order chi connectivity index (χ0) is 14.8. The van der Waals surface area contributed by atoms with Crippen LogP contribution < -0.4 is 0 Å². The molecule has 0 atom stereocenters. The van der Waals surface area contributed by atoms with E-state index in [1.807, 2.05) is 24.1 Å².